The molecule has 2 aliphatic carbocycles. The van der Waals surface area contributed by atoms with Gasteiger partial charge in [-0.3, -0.25) is 4.99 Å². The third-order valence-electron chi connectivity index (χ3n) is 6.22. The third-order valence-corrected chi connectivity index (χ3v) is 7.05. The van der Waals surface area contributed by atoms with Gasteiger partial charge in [-0.15, -0.1) is 11.3 Å². The first-order valence-corrected chi connectivity index (χ1v) is 12.1. The summed E-state index contributed by atoms with van der Waals surface area (Å²) in [7, 11) is 3.41. The number of ether oxygens (including phenoxy) is 2. The van der Waals surface area contributed by atoms with Gasteiger partial charge in [0, 0.05) is 16.7 Å². The molecule has 2 aromatic rings. The molecule has 5 nitrogen and oxygen atoms in total. The van der Waals surface area contributed by atoms with Gasteiger partial charge in [0.15, 0.2) is 0 Å². The minimum atomic E-state index is 0.411. The summed E-state index contributed by atoms with van der Waals surface area (Å²) in [6.45, 7) is 2.33. The van der Waals surface area contributed by atoms with Crippen molar-refractivity contribution in [3.05, 3.63) is 28.4 Å². The molecule has 6 heteroatoms. The summed E-state index contributed by atoms with van der Waals surface area (Å²) in [4.78, 5) is 6.14. The monoisotopic (exact) mass is 427 g/mol. The van der Waals surface area contributed by atoms with Crippen molar-refractivity contribution in [1.29, 1.82) is 0 Å². The maximum absolute atomic E-state index is 5.68. The van der Waals surface area contributed by atoms with Crippen LogP contribution < -0.4 is 14.3 Å². The van der Waals surface area contributed by atoms with E-state index in [9.17, 15) is 0 Å². The topological polar surface area (TPSA) is 48.1 Å². The van der Waals surface area contributed by atoms with Crippen LogP contribution in [0.3, 0.4) is 0 Å². The van der Waals surface area contributed by atoms with Gasteiger partial charge < -0.3 is 9.47 Å². The Balaban J connectivity index is 1.83. The van der Waals surface area contributed by atoms with E-state index in [1.165, 1.54) is 50.7 Å². The summed E-state index contributed by atoms with van der Waals surface area (Å²) in [5.41, 5.74) is 3.29. The molecule has 0 saturated heterocycles. The maximum Gasteiger partial charge on any atom is 0.206 e. The van der Waals surface area contributed by atoms with E-state index in [1.54, 1.807) is 25.6 Å². The van der Waals surface area contributed by atoms with Crippen LogP contribution in [0, 0.1) is 5.92 Å². The lowest BCUT2D eigenvalue weighted by molar-refractivity contribution is 0.404. The summed E-state index contributed by atoms with van der Waals surface area (Å²) in [5.74, 6) is 2.34. The number of hydrogen-bond acceptors (Lipinski definition) is 5. The van der Waals surface area contributed by atoms with Gasteiger partial charge in [-0.25, -0.2) is 4.68 Å². The molecule has 0 aliphatic heterocycles. The Morgan fingerprint density at radius 2 is 1.87 bits per heavy atom. The van der Waals surface area contributed by atoms with Crippen LogP contribution in [-0.2, 0) is 0 Å². The van der Waals surface area contributed by atoms with Gasteiger partial charge in [0.25, 0.3) is 0 Å². The molecule has 2 aliphatic rings. The Labute approximate surface area is 183 Å². The Hall–Kier alpha value is -2.08. The molecule has 0 amide bonds. The highest BCUT2D eigenvalue weighted by molar-refractivity contribution is 7.07. The van der Waals surface area contributed by atoms with Crippen molar-refractivity contribution in [2.45, 2.75) is 70.8 Å². The van der Waals surface area contributed by atoms with Gasteiger partial charge in [-0.1, -0.05) is 26.2 Å². The first-order valence-electron chi connectivity index (χ1n) is 11.2. The van der Waals surface area contributed by atoms with Crippen LogP contribution >= 0.6 is 11.3 Å². The standard InChI is InChI=1S/C24H33N3O2S/c1-17-8-7-11-19(14-17)26-27-22(21-15-20(28-2)12-13-23(21)29-3)16-30-24(27)25-18-9-5-4-6-10-18/h12-13,15-18H,4-11,14H2,1-3H3. The third kappa shape index (κ3) is 4.80. The van der Waals surface area contributed by atoms with Gasteiger partial charge >= 0.3 is 0 Å². The second kappa shape index (κ2) is 9.82. The molecule has 1 heterocycles. The van der Waals surface area contributed by atoms with Crippen molar-refractivity contribution in [2.75, 3.05) is 14.2 Å². The molecule has 1 aromatic heterocycles. The van der Waals surface area contributed by atoms with Crippen LogP contribution in [0.2, 0.25) is 0 Å². The molecule has 1 atom stereocenters. The van der Waals surface area contributed by atoms with E-state index in [4.69, 9.17) is 19.6 Å². The van der Waals surface area contributed by atoms with E-state index in [1.807, 2.05) is 18.2 Å². The number of rotatable bonds is 5. The van der Waals surface area contributed by atoms with Crippen LogP contribution in [0.15, 0.2) is 33.7 Å². The Kier molecular flexibility index (Phi) is 6.93. The Morgan fingerprint density at radius 3 is 2.60 bits per heavy atom. The molecule has 0 spiro atoms. The predicted molar refractivity (Wildman–Crippen MR) is 124 cm³/mol. The normalized spacial score (nSPS) is 22.4. The summed E-state index contributed by atoms with van der Waals surface area (Å²) in [6.07, 6.45) is 10.9. The largest absolute Gasteiger partial charge is 0.497 e. The minimum Gasteiger partial charge on any atom is -0.497 e. The molecule has 2 saturated carbocycles. The average Bonchev–Trinajstić information content (AvgIpc) is 3.15. The number of thiazole rings is 1. The lowest BCUT2D eigenvalue weighted by Crippen LogP contribution is -2.21. The molecule has 0 N–H and O–H groups in total. The second-order valence-electron chi connectivity index (χ2n) is 8.57. The van der Waals surface area contributed by atoms with E-state index in [0.717, 1.165) is 40.4 Å². The van der Waals surface area contributed by atoms with Gasteiger partial charge in [-0.05, 0) is 62.6 Å². The second-order valence-corrected chi connectivity index (χ2v) is 9.41. The van der Waals surface area contributed by atoms with Crippen molar-refractivity contribution in [3.8, 4) is 22.8 Å². The Bertz CT molecular complexity index is 954. The van der Waals surface area contributed by atoms with E-state index in [-0.39, 0.29) is 0 Å². The number of hydrogen-bond donors (Lipinski definition) is 0. The SMILES string of the molecule is COc1ccc(OC)c(-c2csc(=NC3CCCCC3)n2N=C2CCCC(C)C2)c1. The van der Waals surface area contributed by atoms with Crippen LogP contribution in [0.4, 0.5) is 0 Å². The molecule has 1 unspecified atom stereocenters. The van der Waals surface area contributed by atoms with Crippen molar-refractivity contribution in [1.82, 2.24) is 4.68 Å². The van der Waals surface area contributed by atoms with E-state index in [2.05, 4.69) is 17.0 Å². The van der Waals surface area contributed by atoms with Crippen LogP contribution in [0.5, 0.6) is 11.5 Å². The molecule has 2 fully saturated rings. The predicted octanol–water partition coefficient (Wildman–Crippen LogP) is 5.88. The van der Waals surface area contributed by atoms with Crippen molar-refractivity contribution in [2.24, 2.45) is 16.0 Å². The molecule has 162 valence electrons. The zero-order valence-corrected chi connectivity index (χ0v) is 19.2. The summed E-state index contributed by atoms with van der Waals surface area (Å²) < 4.78 is 13.2. The van der Waals surface area contributed by atoms with Crippen LogP contribution in [-0.4, -0.2) is 30.6 Å². The number of nitrogens with zero attached hydrogens (tertiary/aromatic N) is 3. The van der Waals surface area contributed by atoms with Crippen LogP contribution in [0.1, 0.15) is 64.7 Å². The molecule has 0 bridgehead atoms. The fourth-order valence-electron chi connectivity index (χ4n) is 4.54. The number of aromatic nitrogens is 1. The van der Waals surface area contributed by atoms with Gasteiger partial charge in [0.2, 0.25) is 4.80 Å². The van der Waals surface area contributed by atoms with Crippen LogP contribution in [0.25, 0.3) is 11.3 Å². The fourth-order valence-corrected chi connectivity index (χ4v) is 5.44. The number of benzene rings is 1. The zero-order valence-electron chi connectivity index (χ0n) is 18.4. The fraction of sp³-hybridized carbons (Fsp3) is 0.583. The summed E-state index contributed by atoms with van der Waals surface area (Å²) in [6, 6.07) is 6.34. The van der Waals surface area contributed by atoms with Gasteiger partial charge in [0.05, 0.1) is 26.0 Å². The van der Waals surface area contributed by atoms with Crippen molar-refractivity contribution in [3.63, 3.8) is 0 Å². The molecule has 4 rings (SSSR count). The lowest BCUT2D eigenvalue weighted by atomic mass is 9.89. The Morgan fingerprint density at radius 1 is 1.03 bits per heavy atom. The number of methoxy groups -OCH3 is 2. The first kappa shape index (κ1) is 21.2. The lowest BCUT2D eigenvalue weighted by Gasteiger charge is -2.20. The molecular formula is C24H33N3O2S. The highest BCUT2D eigenvalue weighted by Gasteiger charge is 2.19. The first-order chi connectivity index (χ1) is 14.7. The highest BCUT2D eigenvalue weighted by Crippen LogP contribution is 2.34. The van der Waals surface area contributed by atoms with Crippen molar-refractivity contribution < 1.29 is 9.47 Å². The molecule has 1 aromatic carbocycles. The van der Waals surface area contributed by atoms with E-state index >= 15 is 0 Å². The minimum absolute atomic E-state index is 0.411. The molecule has 30 heavy (non-hydrogen) atoms. The smallest absolute Gasteiger partial charge is 0.206 e. The summed E-state index contributed by atoms with van der Waals surface area (Å²) in [5, 5.41) is 7.32. The van der Waals surface area contributed by atoms with Crippen molar-refractivity contribution >= 4 is 17.0 Å². The van der Waals surface area contributed by atoms with Gasteiger partial charge in [-0.2, -0.15) is 5.10 Å². The van der Waals surface area contributed by atoms with Gasteiger partial charge in [0.1, 0.15) is 11.5 Å². The van der Waals surface area contributed by atoms with E-state index in [0.29, 0.717) is 12.0 Å². The highest BCUT2D eigenvalue weighted by atomic mass is 32.1. The molecular weight excluding hydrogens is 394 g/mol. The summed E-state index contributed by atoms with van der Waals surface area (Å²) >= 11 is 1.68. The maximum atomic E-state index is 5.68. The quantitative estimate of drug-likeness (QED) is 0.598. The van der Waals surface area contributed by atoms with E-state index < -0.39 is 0 Å². The zero-order chi connectivity index (χ0) is 20.9. The molecule has 0 radical (unpaired) electrons. The average molecular weight is 428 g/mol.